The smallest absolute Gasteiger partial charge is 0.406 e. The summed E-state index contributed by atoms with van der Waals surface area (Å²) in [6.07, 6.45) is 2.11. The second kappa shape index (κ2) is 12.7. The predicted molar refractivity (Wildman–Crippen MR) is 165 cm³/mol. The minimum atomic E-state index is -4.79. The Morgan fingerprint density at radius 1 is 0.955 bits per heavy atom. The van der Waals surface area contributed by atoms with E-state index in [9.17, 15) is 22.8 Å². The third-order valence-electron chi connectivity index (χ3n) is 9.32. The van der Waals surface area contributed by atoms with Gasteiger partial charge in [0.1, 0.15) is 5.75 Å². The Labute approximate surface area is 257 Å². The highest BCUT2D eigenvalue weighted by Crippen LogP contribution is 2.41. The van der Waals surface area contributed by atoms with Crippen molar-refractivity contribution in [1.82, 2.24) is 20.0 Å². The van der Waals surface area contributed by atoms with Crippen molar-refractivity contribution in [2.24, 2.45) is 5.41 Å². The summed E-state index contributed by atoms with van der Waals surface area (Å²) < 4.78 is 42.4. The molecule has 0 aromatic heterocycles. The van der Waals surface area contributed by atoms with Crippen LogP contribution in [0.25, 0.3) is 11.8 Å². The monoisotopic (exact) mass is 610 g/mol. The number of likely N-dealkylation sites (tertiary alicyclic amines) is 1. The zero-order valence-electron chi connectivity index (χ0n) is 25.9. The number of likely N-dealkylation sites (N-methyl/N-ethyl adjacent to an activating group) is 1. The van der Waals surface area contributed by atoms with E-state index in [-0.39, 0.29) is 17.6 Å². The molecule has 0 atom stereocenters. The molecule has 10 heteroatoms. The molecule has 44 heavy (non-hydrogen) atoms. The van der Waals surface area contributed by atoms with Crippen LogP contribution in [0.2, 0.25) is 0 Å². The van der Waals surface area contributed by atoms with Crippen molar-refractivity contribution < 1.29 is 27.5 Å². The molecular formula is C34H41F3N4O3. The Balaban J connectivity index is 1.22. The van der Waals surface area contributed by atoms with E-state index in [1.807, 2.05) is 37.8 Å². The molecule has 7 nitrogen and oxygen atoms in total. The molecule has 1 N–H and O–H groups in total. The van der Waals surface area contributed by atoms with Crippen LogP contribution in [0.4, 0.5) is 13.2 Å². The number of allylic oxidation sites excluding steroid dienone is 1. The summed E-state index contributed by atoms with van der Waals surface area (Å²) in [5.41, 5.74) is 5.37. The van der Waals surface area contributed by atoms with Crippen molar-refractivity contribution in [3.63, 3.8) is 0 Å². The van der Waals surface area contributed by atoms with Crippen LogP contribution in [0.5, 0.6) is 5.75 Å². The van der Waals surface area contributed by atoms with Gasteiger partial charge < -0.3 is 24.8 Å². The Morgan fingerprint density at radius 2 is 1.61 bits per heavy atom. The zero-order valence-corrected chi connectivity index (χ0v) is 25.9. The second-order valence-electron chi connectivity index (χ2n) is 12.4. The minimum absolute atomic E-state index is 0.0811. The second-order valence-corrected chi connectivity index (χ2v) is 12.4. The van der Waals surface area contributed by atoms with E-state index in [1.165, 1.54) is 18.2 Å². The summed E-state index contributed by atoms with van der Waals surface area (Å²) >= 11 is 0. The van der Waals surface area contributed by atoms with Crippen molar-refractivity contribution in [3.05, 3.63) is 76.0 Å². The molecule has 2 fully saturated rings. The third kappa shape index (κ3) is 7.12. The summed E-state index contributed by atoms with van der Waals surface area (Å²) in [7, 11) is 2.07. The number of nitrogens with zero attached hydrogens (tertiary/aromatic N) is 3. The summed E-state index contributed by atoms with van der Waals surface area (Å²) in [5, 5.41) is 3.06. The van der Waals surface area contributed by atoms with Gasteiger partial charge in [0.25, 0.3) is 5.91 Å². The number of benzene rings is 2. The molecule has 0 saturated carbocycles. The fourth-order valence-corrected chi connectivity index (χ4v) is 6.50. The maximum atomic E-state index is 13.6. The van der Waals surface area contributed by atoms with Gasteiger partial charge in [0.15, 0.2) is 0 Å². The lowest BCUT2D eigenvalue weighted by Crippen LogP contribution is -2.47. The highest BCUT2D eigenvalue weighted by molar-refractivity contribution is 5.95. The lowest BCUT2D eigenvalue weighted by atomic mass is 9.74. The average Bonchev–Trinajstić information content (AvgIpc) is 3.09. The van der Waals surface area contributed by atoms with Crippen molar-refractivity contribution >= 4 is 23.6 Å². The Morgan fingerprint density at radius 3 is 2.25 bits per heavy atom. The van der Waals surface area contributed by atoms with Crippen LogP contribution in [0.15, 0.2) is 48.2 Å². The summed E-state index contributed by atoms with van der Waals surface area (Å²) in [6.45, 7) is 10.7. The van der Waals surface area contributed by atoms with Crippen molar-refractivity contribution in [3.8, 4) is 5.75 Å². The number of aryl methyl sites for hydroxylation is 2. The molecule has 0 aliphatic carbocycles. The maximum Gasteiger partial charge on any atom is 0.573 e. The van der Waals surface area contributed by atoms with Crippen molar-refractivity contribution in [2.75, 3.05) is 46.3 Å². The normalized spacial score (nSPS) is 19.8. The fourth-order valence-electron chi connectivity index (χ4n) is 6.50. The number of halogens is 3. The first kappa shape index (κ1) is 31.6. The Hall–Kier alpha value is -3.79. The van der Waals surface area contributed by atoms with Crippen molar-refractivity contribution in [2.45, 2.75) is 52.8 Å². The molecule has 2 saturated heterocycles. The molecule has 3 aliphatic heterocycles. The van der Waals surface area contributed by atoms with Gasteiger partial charge in [0.05, 0.1) is 5.41 Å². The number of hydrogen-bond donors (Lipinski definition) is 1. The summed E-state index contributed by atoms with van der Waals surface area (Å²) in [4.78, 5) is 33.1. The minimum Gasteiger partial charge on any atom is -0.406 e. The molecule has 3 heterocycles. The van der Waals surface area contributed by atoms with E-state index >= 15 is 0 Å². The van der Waals surface area contributed by atoms with Gasteiger partial charge in [-0.3, -0.25) is 9.59 Å². The van der Waals surface area contributed by atoms with Crippen LogP contribution in [0.1, 0.15) is 65.2 Å². The maximum absolute atomic E-state index is 13.6. The van der Waals surface area contributed by atoms with Crippen LogP contribution >= 0.6 is 0 Å². The van der Waals surface area contributed by atoms with E-state index < -0.39 is 11.8 Å². The number of nitrogens with one attached hydrogen (secondary N) is 1. The topological polar surface area (TPSA) is 65.1 Å². The number of hydrogen-bond acceptors (Lipinski definition) is 5. The van der Waals surface area contributed by atoms with E-state index in [2.05, 4.69) is 39.2 Å². The quantitative estimate of drug-likeness (QED) is 0.451. The molecule has 1 spiro atoms. The number of rotatable bonds is 5. The average molecular weight is 611 g/mol. The van der Waals surface area contributed by atoms with Crippen molar-refractivity contribution in [1.29, 1.82) is 0 Å². The Kier molecular flexibility index (Phi) is 9.11. The van der Waals surface area contributed by atoms with Gasteiger partial charge in [-0.05, 0) is 112 Å². The van der Waals surface area contributed by atoms with Gasteiger partial charge in [-0.2, -0.15) is 0 Å². The van der Waals surface area contributed by atoms with Gasteiger partial charge in [-0.1, -0.05) is 12.1 Å². The SMILES string of the molecule is CC1=C(c2cccc(OC(F)(F)F)c2)NC(=O)C2(CC1)CCN(/C=C/c1c(C)cc(C(=O)N3CCN(C)CC3)cc1C)CC2. The van der Waals surface area contributed by atoms with E-state index in [0.717, 1.165) is 54.0 Å². The van der Waals surface area contributed by atoms with Crippen LogP contribution in [-0.2, 0) is 4.79 Å². The highest BCUT2D eigenvalue weighted by Gasteiger charge is 2.42. The Bertz CT molecular complexity index is 1440. The largest absolute Gasteiger partial charge is 0.573 e. The molecule has 0 radical (unpaired) electrons. The molecule has 3 aliphatic rings. The number of piperidine rings is 1. The van der Waals surface area contributed by atoms with Crippen LogP contribution < -0.4 is 10.1 Å². The standard InChI is InChI=1S/C34H41F3N4O3/c1-23-8-10-33(32(43)38-30(23)26-6-5-7-28(22-26)44-34(35,36)37)11-14-40(15-12-33)13-9-29-24(2)20-27(21-25(29)3)31(42)41-18-16-39(4)17-19-41/h5-7,9,13,20-22H,8,10-12,14-19H2,1-4H3,(H,38,43)/b13-9+. The molecule has 2 aromatic carbocycles. The van der Waals surface area contributed by atoms with Crippen LogP contribution in [0, 0.1) is 19.3 Å². The molecule has 2 aromatic rings. The van der Waals surface area contributed by atoms with Gasteiger partial charge in [-0.15, -0.1) is 13.2 Å². The number of carbonyl (C=O) groups excluding carboxylic acids is 2. The van der Waals surface area contributed by atoms with Crippen LogP contribution in [0.3, 0.4) is 0 Å². The van der Waals surface area contributed by atoms with Gasteiger partial charge in [0, 0.05) is 56.1 Å². The lowest BCUT2D eigenvalue weighted by Gasteiger charge is -2.39. The first-order valence-electron chi connectivity index (χ1n) is 15.2. The summed E-state index contributed by atoms with van der Waals surface area (Å²) in [6, 6.07) is 9.71. The predicted octanol–water partition coefficient (Wildman–Crippen LogP) is 5.98. The number of alkyl halides is 3. The number of amides is 2. The van der Waals surface area contributed by atoms with Crippen LogP contribution in [-0.4, -0.2) is 79.2 Å². The summed E-state index contributed by atoms with van der Waals surface area (Å²) in [5.74, 6) is -0.314. The molecule has 236 valence electrons. The van der Waals surface area contributed by atoms with Gasteiger partial charge >= 0.3 is 6.36 Å². The molecule has 2 amide bonds. The molecule has 0 bridgehead atoms. The third-order valence-corrected chi connectivity index (χ3v) is 9.32. The first-order valence-corrected chi connectivity index (χ1v) is 15.2. The van der Waals surface area contributed by atoms with Gasteiger partial charge in [-0.25, -0.2) is 0 Å². The molecular weight excluding hydrogens is 569 g/mol. The first-order chi connectivity index (χ1) is 20.8. The molecule has 0 unspecified atom stereocenters. The highest BCUT2D eigenvalue weighted by atomic mass is 19.4. The van der Waals surface area contributed by atoms with E-state index in [0.29, 0.717) is 50.0 Å². The number of piperazine rings is 1. The number of carbonyl (C=O) groups is 2. The zero-order chi connectivity index (χ0) is 31.6. The fraction of sp³-hybridized carbons (Fsp3) is 0.471. The number of ether oxygens (including phenoxy) is 1. The van der Waals surface area contributed by atoms with E-state index in [4.69, 9.17) is 0 Å². The van der Waals surface area contributed by atoms with Gasteiger partial charge in [0.2, 0.25) is 5.91 Å². The van der Waals surface area contributed by atoms with E-state index in [1.54, 1.807) is 6.07 Å². The molecule has 5 rings (SSSR count). The lowest BCUT2D eigenvalue weighted by molar-refractivity contribution is -0.274.